The molecule has 0 spiro atoms. The molecule has 0 aromatic carbocycles. The van der Waals surface area contributed by atoms with Gasteiger partial charge in [-0.3, -0.25) is 4.79 Å². The van der Waals surface area contributed by atoms with Gasteiger partial charge in [0.05, 0.1) is 5.75 Å². The highest BCUT2D eigenvalue weighted by molar-refractivity contribution is 7.92. The molecule has 0 bridgehead atoms. The molecule has 0 aromatic heterocycles. The summed E-state index contributed by atoms with van der Waals surface area (Å²) in [6.45, 7) is -0.0934. The van der Waals surface area contributed by atoms with Crippen LogP contribution in [0.2, 0.25) is 0 Å². The lowest BCUT2D eigenvalue weighted by atomic mass is 10.1. The molecule has 1 fully saturated rings. The number of Topliss-reactive ketones (excluding diaryl/α,β-unsaturated/α-hetero) is 1. The van der Waals surface area contributed by atoms with E-state index < -0.39 is 15.1 Å². The van der Waals surface area contributed by atoms with Gasteiger partial charge >= 0.3 is 0 Å². The van der Waals surface area contributed by atoms with Crippen LogP contribution in [0.1, 0.15) is 19.3 Å². The Bertz CT molecular complexity index is 281. The molecule has 1 unspecified atom stereocenters. The largest absolute Gasteiger partial charge is 0.377 e. The number of carbonyl (C=O) groups excluding carboxylic acids is 1. The Morgan fingerprint density at radius 3 is 2.69 bits per heavy atom. The van der Waals surface area contributed by atoms with Crippen molar-refractivity contribution in [3.8, 4) is 0 Å². The summed E-state index contributed by atoms with van der Waals surface area (Å²) >= 11 is 0. The third-order valence-electron chi connectivity index (χ3n) is 2.22. The summed E-state index contributed by atoms with van der Waals surface area (Å²) in [7, 11) is -1.78. The van der Waals surface area contributed by atoms with Crippen LogP contribution in [0, 0.1) is 0 Å². The number of ketones is 1. The number of methoxy groups -OCH3 is 1. The predicted octanol–water partition coefficient (Wildman–Crippen LogP) is 0.169. The Labute approximate surface area is 78.2 Å². The minimum Gasteiger partial charge on any atom is -0.377 e. The van der Waals surface area contributed by atoms with Crippen molar-refractivity contribution in [2.24, 2.45) is 0 Å². The van der Waals surface area contributed by atoms with Gasteiger partial charge in [0.15, 0.2) is 15.6 Å². The van der Waals surface area contributed by atoms with Gasteiger partial charge in [-0.05, 0) is 12.8 Å². The molecule has 0 radical (unpaired) electrons. The zero-order valence-corrected chi connectivity index (χ0v) is 8.47. The van der Waals surface area contributed by atoms with Crippen LogP contribution in [0.25, 0.3) is 0 Å². The lowest BCUT2D eigenvalue weighted by Crippen LogP contribution is -2.37. The predicted molar refractivity (Wildman–Crippen MR) is 48.3 cm³/mol. The van der Waals surface area contributed by atoms with Crippen molar-refractivity contribution in [2.75, 3.05) is 19.5 Å². The van der Waals surface area contributed by atoms with Crippen molar-refractivity contribution >= 4 is 15.6 Å². The topological polar surface area (TPSA) is 60.4 Å². The molecule has 1 atom stereocenters. The van der Waals surface area contributed by atoms with Crippen molar-refractivity contribution in [3.63, 3.8) is 0 Å². The van der Waals surface area contributed by atoms with Crippen LogP contribution in [0.4, 0.5) is 0 Å². The van der Waals surface area contributed by atoms with E-state index in [1.54, 1.807) is 0 Å². The Morgan fingerprint density at radius 1 is 1.46 bits per heavy atom. The molecule has 0 N–H and O–H groups in total. The normalized spacial score (nSPS) is 27.0. The molecule has 1 rings (SSSR count). The Balaban J connectivity index is 2.71. The van der Waals surface area contributed by atoms with Crippen LogP contribution in [0.3, 0.4) is 0 Å². The number of rotatable bonds is 3. The molecular formula is C8H14O4S. The molecule has 4 nitrogen and oxygen atoms in total. The minimum atomic E-state index is -3.17. The molecule has 1 aliphatic heterocycles. The molecule has 0 amide bonds. The van der Waals surface area contributed by atoms with E-state index in [0.717, 1.165) is 6.42 Å². The second-order valence-electron chi connectivity index (χ2n) is 3.25. The summed E-state index contributed by atoms with van der Waals surface area (Å²) in [5.41, 5.74) is 0. The highest BCUT2D eigenvalue weighted by atomic mass is 32.2. The van der Waals surface area contributed by atoms with Gasteiger partial charge in [0.25, 0.3) is 0 Å². The van der Waals surface area contributed by atoms with Gasteiger partial charge in [-0.1, -0.05) is 6.42 Å². The Morgan fingerprint density at radius 2 is 2.15 bits per heavy atom. The summed E-state index contributed by atoms with van der Waals surface area (Å²) in [6, 6.07) is 0. The highest BCUT2D eigenvalue weighted by Crippen LogP contribution is 2.20. The van der Waals surface area contributed by atoms with E-state index in [-0.39, 0.29) is 18.1 Å². The summed E-state index contributed by atoms with van der Waals surface area (Å²) in [6.07, 6.45) is 1.96. The minimum absolute atomic E-state index is 0.0934. The van der Waals surface area contributed by atoms with Crippen molar-refractivity contribution in [1.29, 1.82) is 0 Å². The van der Waals surface area contributed by atoms with Gasteiger partial charge in [-0.2, -0.15) is 0 Å². The van der Waals surface area contributed by atoms with Crippen molar-refractivity contribution < 1.29 is 17.9 Å². The maximum Gasteiger partial charge on any atom is 0.176 e. The monoisotopic (exact) mass is 206 g/mol. The van der Waals surface area contributed by atoms with Crippen LogP contribution < -0.4 is 0 Å². The summed E-state index contributed by atoms with van der Waals surface area (Å²) in [4.78, 5) is 11.3. The smallest absolute Gasteiger partial charge is 0.176 e. The molecule has 0 aliphatic carbocycles. The molecule has 1 saturated heterocycles. The molecule has 0 aromatic rings. The maximum atomic E-state index is 11.4. The van der Waals surface area contributed by atoms with Gasteiger partial charge in [-0.25, -0.2) is 8.42 Å². The fourth-order valence-corrected chi connectivity index (χ4v) is 3.44. The van der Waals surface area contributed by atoms with E-state index in [1.807, 2.05) is 0 Å². The molecule has 1 aliphatic rings. The maximum absolute atomic E-state index is 11.4. The number of hydrogen-bond acceptors (Lipinski definition) is 4. The van der Waals surface area contributed by atoms with E-state index in [9.17, 15) is 13.2 Å². The van der Waals surface area contributed by atoms with Crippen LogP contribution in [0.5, 0.6) is 0 Å². The average Bonchev–Trinajstić information content (AvgIpc) is 2.03. The van der Waals surface area contributed by atoms with Crippen LogP contribution in [0.15, 0.2) is 0 Å². The third kappa shape index (κ3) is 2.51. The van der Waals surface area contributed by atoms with E-state index in [2.05, 4.69) is 4.74 Å². The van der Waals surface area contributed by atoms with Gasteiger partial charge in [-0.15, -0.1) is 0 Å². The summed E-state index contributed by atoms with van der Waals surface area (Å²) in [5, 5.41) is -0.804. The van der Waals surface area contributed by atoms with Gasteiger partial charge < -0.3 is 4.74 Å². The van der Waals surface area contributed by atoms with Crippen LogP contribution in [-0.2, 0) is 19.4 Å². The second-order valence-corrected chi connectivity index (χ2v) is 5.55. The first-order valence-corrected chi connectivity index (χ1v) is 6.02. The van der Waals surface area contributed by atoms with Crippen molar-refractivity contribution in [2.45, 2.75) is 24.5 Å². The fourth-order valence-electron chi connectivity index (χ4n) is 1.55. The number of carbonyl (C=O) groups is 1. The van der Waals surface area contributed by atoms with Gasteiger partial charge in [0.1, 0.15) is 11.9 Å². The Kier molecular flexibility index (Phi) is 3.44. The van der Waals surface area contributed by atoms with E-state index >= 15 is 0 Å². The SMILES string of the molecule is COCC(=O)C1CCCCS1(=O)=O. The van der Waals surface area contributed by atoms with E-state index in [0.29, 0.717) is 12.8 Å². The average molecular weight is 206 g/mol. The first-order chi connectivity index (χ1) is 6.08. The van der Waals surface area contributed by atoms with Crippen molar-refractivity contribution in [1.82, 2.24) is 0 Å². The first kappa shape index (κ1) is 10.7. The fraction of sp³-hybridized carbons (Fsp3) is 0.875. The quantitative estimate of drug-likeness (QED) is 0.660. The van der Waals surface area contributed by atoms with Gasteiger partial charge in [0, 0.05) is 7.11 Å². The molecule has 0 saturated carbocycles. The third-order valence-corrected chi connectivity index (χ3v) is 4.45. The zero-order valence-electron chi connectivity index (χ0n) is 7.65. The van der Waals surface area contributed by atoms with Gasteiger partial charge in [0.2, 0.25) is 0 Å². The lowest BCUT2D eigenvalue weighted by molar-refractivity contribution is -0.122. The molecule has 5 heteroatoms. The Hall–Kier alpha value is -0.420. The standard InChI is InChI=1S/C8H14O4S/c1-12-6-7(9)8-4-2-3-5-13(8,10)11/h8H,2-6H2,1H3. The number of sulfone groups is 1. The first-order valence-electron chi connectivity index (χ1n) is 4.31. The summed E-state index contributed by atoms with van der Waals surface area (Å²) < 4.78 is 27.5. The molecule has 13 heavy (non-hydrogen) atoms. The molecule has 1 heterocycles. The lowest BCUT2D eigenvalue weighted by Gasteiger charge is -2.20. The van der Waals surface area contributed by atoms with E-state index in [1.165, 1.54) is 7.11 Å². The number of hydrogen-bond donors (Lipinski definition) is 0. The highest BCUT2D eigenvalue weighted by Gasteiger charge is 2.34. The van der Waals surface area contributed by atoms with E-state index in [4.69, 9.17) is 0 Å². The second kappa shape index (κ2) is 4.19. The zero-order chi connectivity index (χ0) is 9.90. The van der Waals surface area contributed by atoms with Crippen LogP contribution in [-0.4, -0.2) is 38.9 Å². The summed E-state index contributed by atoms with van der Waals surface area (Å²) in [5.74, 6) is -0.158. The number of ether oxygens (including phenoxy) is 1. The van der Waals surface area contributed by atoms with Crippen molar-refractivity contribution in [3.05, 3.63) is 0 Å². The molecular weight excluding hydrogens is 192 g/mol. The molecule has 76 valence electrons. The van der Waals surface area contributed by atoms with Crippen LogP contribution >= 0.6 is 0 Å².